The van der Waals surface area contributed by atoms with Gasteiger partial charge >= 0.3 is 5.97 Å². The van der Waals surface area contributed by atoms with E-state index in [0.717, 1.165) is 53.5 Å². The Morgan fingerprint density at radius 1 is 1.19 bits per heavy atom. The molecule has 0 bridgehead atoms. The molecule has 1 heterocycles. The van der Waals surface area contributed by atoms with Gasteiger partial charge in [-0.3, -0.25) is 14.6 Å². The van der Waals surface area contributed by atoms with Crippen molar-refractivity contribution < 1.29 is 19.1 Å². The molecule has 1 unspecified atom stereocenters. The van der Waals surface area contributed by atoms with Crippen molar-refractivity contribution >= 4 is 33.4 Å². The van der Waals surface area contributed by atoms with E-state index in [1.54, 1.807) is 7.11 Å². The molecule has 3 aliphatic rings. The molecule has 2 atom stereocenters. The molecule has 0 spiro atoms. The van der Waals surface area contributed by atoms with Crippen molar-refractivity contribution in [3.63, 3.8) is 0 Å². The van der Waals surface area contributed by atoms with Gasteiger partial charge in [0.2, 0.25) is 0 Å². The highest BCUT2D eigenvalue weighted by Gasteiger charge is 2.46. The van der Waals surface area contributed by atoms with Crippen LogP contribution in [0.1, 0.15) is 70.8 Å². The van der Waals surface area contributed by atoms with Crippen LogP contribution in [0.3, 0.4) is 0 Å². The highest BCUT2D eigenvalue weighted by Crippen LogP contribution is 2.48. The van der Waals surface area contributed by atoms with Crippen LogP contribution in [0.15, 0.2) is 38.9 Å². The molecule has 1 saturated carbocycles. The van der Waals surface area contributed by atoms with Crippen molar-refractivity contribution in [2.75, 3.05) is 7.11 Å². The second kappa shape index (κ2) is 8.53. The Morgan fingerprint density at radius 3 is 2.55 bits per heavy atom. The summed E-state index contributed by atoms with van der Waals surface area (Å²) in [6.45, 7) is 6.08. The molecular weight excluding hydrogens is 458 g/mol. The Hall–Kier alpha value is -1.95. The molecule has 2 aliphatic carbocycles. The van der Waals surface area contributed by atoms with Crippen LogP contribution in [-0.2, 0) is 14.3 Å². The first-order chi connectivity index (χ1) is 14.7. The molecule has 166 valence electrons. The number of ether oxygens (including phenoxy) is 2. The molecule has 31 heavy (non-hydrogen) atoms. The molecule has 1 aliphatic heterocycles. The lowest BCUT2D eigenvalue weighted by atomic mass is 9.67. The number of hydrogen-bond acceptors (Lipinski definition) is 5. The molecule has 6 heteroatoms. The van der Waals surface area contributed by atoms with Gasteiger partial charge in [0.25, 0.3) is 0 Å². The molecule has 1 aromatic rings. The molecule has 0 radical (unpaired) electrons. The first-order valence-corrected chi connectivity index (χ1v) is 11.8. The zero-order valence-corrected chi connectivity index (χ0v) is 20.3. The van der Waals surface area contributed by atoms with Gasteiger partial charge in [0.1, 0.15) is 17.8 Å². The van der Waals surface area contributed by atoms with Gasteiger partial charge in [0.05, 0.1) is 11.6 Å². The van der Waals surface area contributed by atoms with E-state index in [2.05, 4.69) is 29.8 Å². The largest absolute Gasteiger partial charge is 0.496 e. The summed E-state index contributed by atoms with van der Waals surface area (Å²) in [5, 5.41) is 0. The molecule has 4 rings (SSSR count). The zero-order valence-electron chi connectivity index (χ0n) is 18.7. The Bertz CT molecular complexity index is 972. The van der Waals surface area contributed by atoms with E-state index < -0.39 is 11.8 Å². The molecule has 0 aromatic heterocycles. The van der Waals surface area contributed by atoms with Gasteiger partial charge in [-0.1, -0.05) is 19.9 Å². The minimum atomic E-state index is -0.593. The number of methoxy groups -OCH3 is 1. The number of hydrogen-bond donors (Lipinski definition) is 0. The fourth-order valence-electron chi connectivity index (χ4n) is 5.23. The fraction of sp³-hybridized carbons (Fsp3) is 0.560. The van der Waals surface area contributed by atoms with Crippen molar-refractivity contribution in [1.29, 1.82) is 0 Å². The van der Waals surface area contributed by atoms with Crippen LogP contribution >= 0.6 is 15.9 Å². The number of Topliss-reactive ketones (excluding diaryl/α,β-unsaturated/α-hetero) is 1. The Morgan fingerprint density at radius 2 is 1.90 bits per heavy atom. The smallest absolute Gasteiger partial charge is 0.315 e. The number of aliphatic imine (C=N–C) groups is 1. The number of rotatable bonds is 4. The first-order valence-electron chi connectivity index (χ1n) is 11.1. The van der Waals surface area contributed by atoms with Crippen LogP contribution in [0.2, 0.25) is 0 Å². The van der Waals surface area contributed by atoms with E-state index in [1.807, 2.05) is 25.1 Å². The summed E-state index contributed by atoms with van der Waals surface area (Å²) in [5.41, 5.74) is 2.98. The lowest BCUT2D eigenvalue weighted by Gasteiger charge is -2.39. The third-order valence-electron chi connectivity index (χ3n) is 6.68. The van der Waals surface area contributed by atoms with E-state index in [0.29, 0.717) is 17.7 Å². The van der Waals surface area contributed by atoms with Crippen LogP contribution in [0.5, 0.6) is 5.75 Å². The van der Waals surface area contributed by atoms with Crippen LogP contribution in [0, 0.1) is 11.3 Å². The van der Waals surface area contributed by atoms with E-state index in [9.17, 15) is 9.59 Å². The second-order valence-corrected chi connectivity index (χ2v) is 10.6. The molecule has 0 N–H and O–H groups in total. The monoisotopic (exact) mass is 487 g/mol. The normalized spacial score (nSPS) is 25.8. The molecule has 5 nitrogen and oxygen atoms in total. The summed E-state index contributed by atoms with van der Waals surface area (Å²) in [6.07, 6.45) is 5.16. The lowest BCUT2D eigenvalue weighted by Crippen LogP contribution is -2.40. The van der Waals surface area contributed by atoms with Crippen molar-refractivity contribution in [3.8, 4) is 5.75 Å². The Labute approximate surface area is 192 Å². The topological polar surface area (TPSA) is 65.0 Å². The number of halogens is 1. The predicted octanol–water partition coefficient (Wildman–Crippen LogP) is 5.76. The third-order valence-corrected chi connectivity index (χ3v) is 7.30. The van der Waals surface area contributed by atoms with Crippen LogP contribution < -0.4 is 4.74 Å². The highest BCUT2D eigenvalue weighted by atomic mass is 79.9. The average Bonchev–Trinajstić information content (AvgIpc) is 3.18. The number of carbonyl (C=O) groups is 2. The summed E-state index contributed by atoms with van der Waals surface area (Å²) < 4.78 is 12.1. The Kier molecular flexibility index (Phi) is 6.12. The maximum absolute atomic E-state index is 13.4. The third kappa shape index (κ3) is 4.36. The quantitative estimate of drug-likeness (QED) is 0.506. The summed E-state index contributed by atoms with van der Waals surface area (Å²) in [4.78, 5) is 31.5. The zero-order chi connectivity index (χ0) is 22.3. The van der Waals surface area contributed by atoms with E-state index in [1.165, 1.54) is 0 Å². The standard InChI is InChI=1S/C25H30BrNO4/c1-14-21(24(29)31-16-7-5-6-8-16)22(15-9-10-20(30-4)17(26)11-15)23-18(27-14)12-25(2,3)13-19(23)28/h9-11,16,21-22H,5-8,12-13H2,1-4H3/t21?,22-/m0/s1. The number of allylic oxidation sites excluding steroid dienone is 2. The summed E-state index contributed by atoms with van der Waals surface area (Å²) in [7, 11) is 1.62. The molecule has 1 fully saturated rings. The van der Waals surface area contributed by atoms with Gasteiger partial charge in [0, 0.05) is 29.3 Å². The number of benzene rings is 1. The van der Waals surface area contributed by atoms with Gasteiger partial charge in [-0.05, 0) is 78.1 Å². The van der Waals surface area contributed by atoms with Crippen LogP contribution in [0.4, 0.5) is 0 Å². The minimum Gasteiger partial charge on any atom is -0.496 e. The number of carbonyl (C=O) groups excluding carboxylic acids is 2. The van der Waals surface area contributed by atoms with Crippen LogP contribution in [0.25, 0.3) is 0 Å². The van der Waals surface area contributed by atoms with E-state index >= 15 is 0 Å². The first kappa shape index (κ1) is 22.3. The molecular formula is C25H30BrNO4. The lowest BCUT2D eigenvalue weighted by molar-refractivity contribution is -0.151. The Balaban J connectivity index is 1.79. The maximum Gasteiger partial charge on any atom is 0.315 e. The van der Waals surface area contributed by atoms with Crippen molar-refractivity contribution in [1.82, 2.24) is 0 Å². The average molecular weight is 488 g/mol. The SMILES string of the molecule is COc1ccc([C@@H]2C3=C(CC(C)(C)CC3=O)N=C(C)C2C(=O)OC2CCCC2)cc1Br. The number of ketones is 1. The summed E-state index contributed by atoms with van der Waals surface area (Å²) in [5.74, 6) is -0.468. The van der Waals surface area contributed by atoms with Gasteiger partial charge in [0.15, 0.2) is 5.78 Å². The molecule has 0 saturated heterocycles. The van der Waals surface area contributed by atoms with Gasteiger partial charge in [-0.2, -0.15) is 0 Å². The fourth-order valence-corrected chi connectivity index (χ4v) is 5.79. The predicted molar refractivity (Wildman–Crippen MR) is 123 cm³/mol. The summed E-state index contributed by atoms with van der Waals surface area (Å²) >= 11 is 3.57. The van der Waals surface area contributed by atoms with Gasteiger partial charge in [-0.15, -0.1) is 0 Å². The van der Waals surface area contributed by atoms with Gasteiger partial charge < -0.3 is 9.47 Å². The molecule has 0 amide bonds. The second-order valence-electron chi connectivity index (χ2n) is 9.75. The summed E-state index contributed by atoms with van der Waals surface area (Å²) in [6, 6.07) is 5.77. The number of esters is 1. The minimum absolute atomic E-state index is 0.0279. The van der Waals surface area contributed by atoms with Gasteiger partial charge in [-0.25, -0.2) is 0 Å². The van der Waals surface area contributed by atoms with Crippen LogP contribution in [-0.4, -0.2) is 30.7 Å². The van der Waals surface area contributed by atoms with E-state index in [4.69, 9.17) is 14.5 Å². The van der Waals surface area contributed by atoms with Crippen molar-refractivity contribution in [3.05, 3.63) is 39.5 Å². The molecule has 1 aromatic carbocycles. The maximum atomic E-state index is 13.4. The number of nitrogens with zero attached hydrogens (tertiary/aromatic N) is 1. The van der Waals surface area contributed by atoms with Crippen molar-refractivity contribution in [2.45, 2.75) is 71.3 Å². The van der Waals surface area contributed by atoms with E-state index in [-0.39, 0.29) is 23.3 Å². The van der Waals surface area contributed by atoms with Crippen molar-refractivity contribution in [2.24, 2.45) is 16.3 Å². The highest BCUT2D eigenvalue weighted by molar-refractivity contribution is 9.10.